The van der Waals surface area contributed by atoms with Crippen LogP contribution in [-0.2, 0) is 21.2 Å². The number of ether oxygens (including phenoxy) is 1. The molecular weight excluding hydrogens is 364 g/mol. The molecule has 3 rings (SSSR count). The van der Waals surface area contributed by atoms with Gasteiger partial charge in [-0.05, 0) is 75.3 Å². The first-order valence-electron chi connectivity index (χ1n) is 9.44. The molecule has 2 heterocycles. The normalized spacial score (nSPS) is 20.4. The number of piperidine rings is 1. The molecule has 0 atom stereocenters. The molecule has 1 amide bonds. The summed E-state index contributed by atoms with van der Waals surface area (Å²) in [5.74, 6) is 0.880. The van der Waals surface area contributed by atoms with E-state index in [1.54, 1.807) is 22.5 Å². The third-order valence-electron chi connectivity index (χ3n) is 5.38. The van der Waals surface area contributed by atoms with Crippen molar-refractivity contribution in [1.82, 2.24) is 9.62 Å². The van der Waals surface area contributed by atoms with Crippen LogP contribution in [-0.4, -0.2) is 43.9 Å². The summed E-state index contributed by atoms with van der Waals surface area (Å²) in [4.78, 5) is 11.6. The van der Waals surface area contributed by atoms with Gasteiger partial charge < -0.3 is 10.1 Å². The van der Waals surface area contributed by atoms with Crippen LogP contribution in [0.4, 0.5) is 0 Å². The van der Waals surface area contributed by atoms with Crippen molar-refractivity contribution in [3.05, 3.63) is 36.4 Å². The summed E-state index contributed by atoms with van der Waals surface area (Å²) in [6.07, 6.45) is 4.40. The Bertz CT molecular complexity index is 824. The molecule has 6 nitrogen and oxygen atoms in total. The van der Waals surface area contributed by atoms with E-state index in [1.807, 2.05) is 13.8 Å². The fraction of sp³-hybridized carbons (Fsp3) is 0.550. The van der Waals surface area contributed by atoms with E-state index in [0.717, 1.165) is 37.0 Å². The summed E-state index contributed by atoms with van der Waals surface area (Å²) >= 11 is 0. The molecule has 1 saturated heterocycles. The van der Waals surface area contributed by atoms with Crippen molar-refractivity contribution in [2.45, 2.75) is 50.0 Å². The number of nitrogens with one attached hydrogen (secondary N) is 1. The predicted molar refractivity (Wildman–Crippen MR) is 104 cm³/mol. The number of aryl methyl sites for hydroxylation is 1. The number of amides is 1. The number of hydrogen-bond donors (Lipinski definition) is 1. The first kappa shape index (κ1) is 19.9. The topological polar surface area (TPSA) is 75.7 Å². The molecule has 0 radical (unpaired) electrons. The molecule has 1 aromatic rings. The molecule has 0 spiro atoms. The molecule has 7 heteroatoms. The number of hydrogen-bond acceptors (Lipinski definition) is 4. The van der Waals surface area contributed by atoms with Crippen molar-refractivity contribution >= 4 is 15.9 Å². The maximum absolute atomic E-state index is 13.0. The van der Waals surface area contributed by atoms with Gasteiger partial charge >= 0.3 is 0 Å². The highest BCUT2D eigenvalue weighted by atomic mass is 32.2. The molecule has 0 saturated carbocycles. The predicted octanol–water partition coefficient (Wildman–Crippen LogP) is 2.49. The number of carbonyl (C=O) groups is 1. The fourth-order valence-electron chi connectivity index (χ4n) is 3.62. The highest BCUT2D eigenvalue weighted by molar-refractivity contribution is 7.89. The fourth-order valence-corrected chi connectivity index (χ4v) is 5.14. The van der Waals surface area contributed by atoms with Gasteiger partial charge in [0.15, 0.2) is 0 Å². The van der Waals surface area contributed by atoms with Crippen LogP contribution in [0.15, 0.2) is 35.7 Å². The van der Waals surface area contributed by atoms with Gasteiger partial charge in [-0.2, -0.15) is 4.31 Å². The lowest BCUT2D eigenvalue weighted by atomic mass is 9.94. The van der Waals surface area contributed by atoms with Crippen molar-refractivity contribution in [3.63, 3.8) is 0 Å². The Morgan fingerprint density at radius 3 is 2.74 bits per heavy atom. The Hall–Kier alpha value is -1.86. The number of nitrogens with zero attached hydrogens (tertiary/aromatic N) is 1. The molecule has 27 heavy (non-hydrogen) atoms. The lowest BCUT2D eigenvalue weighted by molar-refractivity contribution is -0.116. The number of sulfonamides is 1. The van der Waals surface area contributed by atoms with Gasteiger partial charge in [-0.25, -0.2) is 8.42 Å². The zero-order chi connectivity index (χ0) is 19.7. The summed E-state index contributed by atoms with van der Waals surface area (Å²) in [6, 6.07) is 5.18. The van der Waals surface area contributed by atoms with Crippen LogP contribution in [0.2, 0.25) is 0 Å². The van der Waals surface area contributed by atoms with E-state index in [9.17, 15) is 13.2 Å². The van der Waals surface area contributed by atoms with Gasteiger partial charge in [-0.15, -0.1) is 0 Å². The standard InChI is InChI=1S/C20H28N2O4S/c1-4-19(23)21-14-15-8-11-22(12-9-15)27(24,25)17-5-6-18-16(13-17)7-10-20(2,3)26-18/h4-6,13,15H,1,7-12,14H2,2-3H3,(H,21,23). The van der Waals surface area contributed by atoms with Gasteiger partial charge in [0.1, 0.15) is 11.4 Å². The van der Waals surface area contributed by atoms with Crippen molar-refractivity contribution in [2.24, 2.45) is 5.92 Å². The lowest BCUT2D eigenvalue weighted by Gasteiger charge is -2.33. The second kappa shape index (κ2) is 7.64. The number of fused-ring (bicyclic) bond motifs is 1. The molecule has 2 aliphatic rings. The minimum atomic E-state index is -3.51. The minimum Gasteiger partial charge on any atom is -0.488 e. The lowest BCUT2D eigenvalue weighted by Crippen LogP contribution is -2.41. The molecule has 0 bridgehead atoms. The van der Waals surface area contributed by atoms with E-state index < -0.39 is 10.0 Å². The Morgan fingerprint density at radius 1 is 1.37 bits per heavy atom. The molecule has 1 aromatic carbocycles. The minimum absolute atomic E-state index is 0.190. The van der Waals surface area contributed by atoms with Crippen molar-refractivity contribution in [2.75, 3.05) is 19.6 Å². The molecule has 0 aliphatic carbocycles. The third-order valence-corrected chi connectivity index (χ3v) is 7.27. The molecule has 0 unspecified atom stereocenters. The molecular formula is C20H28N2O4S. The Labute approximate surface area is 161 Å². The Morgan fingerprint density at radius 2 is 2.07 bits per heavy atom. The zero-order valence-corrected chi connectivity index (χ0v) is 16.8. The monoisotopic (exact) mass is 392 g/mol. The van der Waals surface area contributed by atoms with Crippen molar-refractivity contribution < 1.29 is 17.9 Å². The van der Waals surface area contributed by atoms with E-state index in [2.05, 4.69) is 11.9 Å². The van der Waals surface area contributed by atoms with E-state index in [1.165, 1.54) is 6.08 Å². The smallest absolute Gasteiger partial charge is 0.243 e. The van der Waals surface area contributed by atoms with Crippen LogP contribution in [0.1, 0.15) is 38.7 Å². The van der Waals surface area contributed by atoms with Gasteiger partial charge in [0.25, 0.3) is 0 Å². The molecule has 0 aromatic heterocycles. The van der Waals surface area contributed by atoms with Crippen LogP contribution in [0.3, 0.4) is 0 Å². The number of rotatable bonds is 5. The first-order chi connectivity index (χ1) is 12.7. The van der Waals surface area contributed by atoms with Crippen LogP contribution >= 0.6 is 0 Å². The maximum atomic E-state index is 13.0. The molecule has 148 valence electrons. The van der Waals surface area contributed by atoms with E-state index in [-0.39, 0.29) is 11.5 Å². The summed E-state index contributed by atoms with van der Waals surface area (Å²) in [5.41, 5.74) is 0.744. The quantitative estimate of drug-likeness (QED) is 0.781. The first-order valence-corrected chi connectivity index (χ1v) is 10.9. The van der Waals surface area contributed by atoms with Crippen LogP contribution in [0.5, 0.6) is 5.75 Å². The Balaban J connectivity index is 1.66. The van der Waals surface area contributed by atoms with E-state index in [4.69, 9.17) is 4.74 Å². The van der Waals surface area contributed by atoms with Gasteiger partial charge in [0.2, 0.25) is 15.9 Å². The maximum Gasteiger partial charge on any atom is 0.243 e. The summed E-state index contributed by atoms with van der Waals surface area (Å²) in [5, 5.41) is 2.79. The van der Waals surface area contributed by atoms with Crippen LogP contribution in [0, 0.1) is 5.92 Å². The van der Waals surface area contributed by atoms with Crippen molar-refractivity contribution in [1.29, 1.82) is 0 Å². The Kier molecular flexibility index (Phi) is 5.63. The second-order valence-corrected chi connectivity index (χ2v) is 9.87. The van der Waals surface area contributed by atoms with Crippen molar-refractivity contribution in [3.8, 4) is 5.75 Å². The highest BCUT2D eigenvalue weighted by Crippen LogP contribution is 2.35. The summed E-state index contributed by atoms with van der Waals surface area (Å²) in [7, 11) is -3.51. The zero-order valence-electron chi connectivity index (χ0n) is 16.0. The molecule has 2 aliphatic heterocycles. The van der Waals surface area contributed by atoms with Gasteiger partial charge in [0.05, 0.1) is 4.90 Å². The third kappa shape index (κ3) is 4.52. The van der Waals surface area contributed by atoms with E-state index >= 15 is 0 Å². The highest BCUT2D eigenvalue weighted by Gasteiger charge is 2.32. The average Bonchev–Trinajstić information content (AvgIpc) is 2.65. The summed E-state index contributed by atoms with van der Waals surface area (Å²) < 4.78 is 33.5. The second-order valence-electron chi connectivity index (χ2n) is 7.93. The molecule has 1 fully saturated rings. The number of carbonyl (C=O) groups excluding carboxylic acids is 1. The SMILES string of the molecule is C=CC(=O)NCC1CCN(S(=O)(=O)c2ccc3c(c2)CCC(C)(C)O3)CC1. The van der Waals surface area contributed by atoms with Crippen LogP contribution in [0.25, 0.3) is 0 Å². The number of benzene rings is 1. The van der Waals surface area contributed by atoms with Crippen LogP contribution < -0.4 is 10.1 Å². The van der Waals surface area contributed by atoms with Gasteiger partial charge in [-0.1, -0.05) is 6.58 Å². The average molecular weight is 393 g/mol. The van der Waals surface area contributed by atoms with Gasteiger partial charge in [0, 0.05) is 19.6 Å². The van der Waals surface area contributed by atoms with E-state index in [0.29, 0.717) is 30.4 Å². The van der Waals surface area contributed by atoms with Gasteiger partial charge in [-0.3, -0.25) is 4.79 Å². The summed E-state index contributed by atoms with van der Waals surface area (Å²) in [6.45, 7) is 9.02. The largest absolute Gasteiger partial charge is 0.488 e. The molecule has 1 N–H and O–H groups in total.